The second-order valence-electron chi connectivity index (χ2n) is 6.99. The number of hydrogen-bond donors (Lipinski definition) is 1. The zero-order valence-electron chi connectivity index (χ0n) is 14.4. The van der Waals surface area contributed by atoms with Gasteiger partial charge in [-0.1, -0.05) is 32.9 Å². The predicted molar refractivity (Wildman–Crippen MR) is 95.1 cm³/mol. The number of carbonyl (C=O) groups is 1. The van der Waals surface area contributed by atoms with E-state index in [1.165, 1.54) is 5.56 Å². The molecule has 4 heteroatoms. The van der Waals surface area contributed by atoms with Crippen molar-refractivity contribution in [1.82, 2.24) is 0 Å². The van der Waals surface area contributed by atoms with Crippen LogP contribution in [0.3, 0.4) is 0 Å². The van der Waals surface area contributed by atoms with Gasteiger partial charge in [0.25, 0.3) is 5.91 Å². The van der Waals surface area contributed by atoms with Crippen LogP contribution in [0.25, 0.3) is 0 Å². The quantitative estimate of drug-likeness (QED) is 0.890. The molecule has 0 bridgehead atoms. The molecule has 0 saturated heterocycles. The third-order valence-electron chi connectivity index (χ3n) is 4.02. The van der Waals surface area contributed by atoms with E-state index in [-0.39, 0.29) is 11.3 Å². The van der Waals surface area contributed by atoms with Crippen LogP contribution < -0.4 is 14.8 Å². The minimum absolute atomic E-state index is 0.0941. The average Bonchev–Trinajstić information content (AvgIpc) is 2.79. The van der Waals surface area contributed by atoms with Crippen LogP contribution in [0, 0.1) is 0 Å². The van der Waals surface area contributed by atoms with Crippen molar-refractivity contribution in [2.75, 3.05) is 18.5 Å². The highest BCUT2D eigenvalue weighted by Crippen LogP contribution is 2.30. The second kappa shape index (κ2) is 6.56. The fraction of sp³-hybridized carbons (Fsp3) is 0.350. The summed E-state index contributed by atoms with van der Waals surface area (Å²) in [4.78, 5) is 12.5. The maximum absolute atomic E-state index is 12.5. The van der Waals surface area contributed by atoms with Crippen molar-refractivity contribution in [1.29, 1.82) is 0 Å². The standard InChI is InChI=1S/C20H23NO3/c1-20(2,3)15-6-8-16(9-7-15)21-19(22)14-5-10-17-18(13-14)24-12-4-11-23-17/h5-10,13H,4,11-12H2,1-3H3,(H,21,22). The summed E-state index contributed by atoms with van der Waals surface area (Å²) in [7, 11) is 0. The van der Waals surface area contributed by atoms with Crippen molar-refractivity contribution in [2.45, 2.75) is 32.6 Å². The third-order valence-corrected chi connectivity index (χ3v) is 4.02. The molecule has 1 amide bonds. The molecule has 1 aliphatic rings. The lowest BCUT2D eigenvalue weighted by atomic mass is 9.87. The van der Waals surface area contributed by atoms with E-state index >= 15 is 0 Å². The molecular weight excluding hydrogens is 302 g/mol. The van der Waals surface area contributed by atoms with Crippen LogP contribution in [0.4, 0.5) is 5.69 Å². The molecule has 0 aliphatic carbocycles. The maximum Gasteiger partial charge on any atom is 0.255 e. The predicted octanol–water partition coefficient (Wildman–Crippen LogP) is 4.40. The molecule has 0 aromatic heterocycles. The molecule has 0 fully saturated rings. The van der Waals surface area contributed by atoms with E-state index in [9.17, 15) is 4.79 Å². The first-order valence-corrected chi connectivity index (χ1v) is 8.25. The van der Waals surface area contributed by atoms with Crippen LogP contribution in [0.1, 0.15) is 43.1 Å². The smallest absolute Gasteiger partial charge is 0.255 e. The van der Waals surface area contributed by atoms with Gasteiger partial charge in [-0.15, -0.1) is 0 Å². The van der Waals surface area contributed by atoms with Gasteiger partial charge < -0.3 is 14.8 Å². The molecule has 2 aromatic rings. The first kappa shape index (κ1) is 16.4. The number of nitrogens with one attached hydrogen (secondary N) is 1. The van der Waals surface area contributed by atoms with Gasteiger partial charge in [-0.25, -0.2) is 0 Å². The zero-order valence-corrected chi connectivity index (χ0v) is 14.4. The molecule has 4 nitrogen and oxygen atoms in total. The molecule has 1 N–H and O–H groups in total. The zero-order chi connectivity index (χ0) is 17.2. The highest BCUT2D eigenvalue weighted by atomic mass is 16.5. The molecule has 24 heavy (non-hydrogen) atoms. The van der Waals surface area contributed by atoms with Crippen LogP contribution in [-0.2, 0) is 5.41 Å². The topological polar surface area (TPSA) is 47.6 Å². The molecule has 1 heterocycles. The number of anilines is 1. The lowest BCUT2D eigenvalue weighted by molar-refractivity contribution is 0.102. The fourth-order valence-corrected chi connectivity index (χ4v) is 2.56. The minimum Gasteiger partial charge on any atom is -0.490 e. The summed E-state index contributed by atoms with van der Waals surface area (Å²) in [5, 5.41) is 2.92. The minimum atomic E-state index is -0.158. The molecule has 0 atom stereocenters. The number of amides is 1. The van der Waals surface area contributed by atoms with Crippen molar-refractivity contribution >= 4 is 11.6 Å². The van der Waals surface area contributed by atoms with Gasteiger partial charge in [-0.2, -0.15) is 0 Å². The summed E-state index contributed by atoms with van der Waals surface area (Å²) >= 11 is 0. The highest BCUT2D eigenvalue weighted by Gasteiger charge is 2.15. The van der Waals surface area contributed by atoms with Crippen LogP contribution in [0.5, 0.6) is 11.5 Å². The van der Waals surface area contributed by atoms with E-state index in [1.54, 1.807) is 18.2 Å². The summed E-state index contributed by atoms with van der Waals surface area (Å²) < 4.78 is 11.2. The van der Waals surface area contributed by atoms with Crippen molar-refractivity contribution in [3.05, 3.63) is 53.6 Å². The number of fused-ring (bicyclic) bond motifs is 1. The van der Waals surface area contributed by atoms with Crippen molar-refractivity contribution in [2.24, 2.45) is 0 Å². The summed E-state index contributed by atoms with van der Waals surface area (Å²) in [5.41, 5.74) is 2.66. The van der Waals surface area contributed by atoms with Crippen LogP contribution in [0.2, 0.25) is 0 Å². The number of rotatable bonds is 2. The largest absolute Gasteiger partial charge is 0.490 e. The van der Waals surface area contributed by atoms with Crippen LogP contribution in [-0.4, -0.2) is 19.1 Å². The monoisotopic (exact) mass is 325 g/mol. The maximum atomic E-state index is 12.5. The number of ether oxygens (including phenoxy) is 2. The van der Waals surface area contributed by atoms with Gasteiger partial charge in [0.15, 0.2) is 11.5 Å². The summed E-state index contributed by atoms with van der Waals surface area (Å²) in [6, 6.07) is 13.2. The number of carbonyl (C=O) groups excluding carboxylic acids is 1. The molecule has 0 radical (unpaired) electrons. The average molecular weight is 325 g/mol. The van der Waals surface area contributed by atoms with Gasteiger partial charge in [0.1, 0.15) is 0 Å². The SMILES string of the molecule is CC(C)(C)c1ccc(NC(=O)c2ccc3c(c2)OCCCO3)cc1. The van der Waals surface area contributed by atoms with Gasteiger partial charge >= 0.3 is 0 Å². The Kier molecular flexibility index (Phi) is 4.47. The van der Waals surface area contributed by atoms with E-state index in [0.717, 1.165) is 12.1 Å². The number of benzene rings is 2. The van der Waals surface area contributed by atoms with Gasteiger partial charge in [0.2, 0.25) is 0 Å². The fourth-order valence-electron chi connectivity index (χ4n) is 2.56. The van der Waals surface area contributed by atoms with Crippen molar-refractivity contribution in [3.63, 3.8) is 0 Å². The van der Waals surface area contributed by atoms with Gasteiger partial charge in [0.05, 0.1) is 13.2 Å². The van der Waals surface area contributed by atoms with E-state index in [2.05, 4.69) is 26.1 Å². The second-order valence-corrected chi connectivity index (χ2v) is 6.99. The third kappa shape index (κ3) is 3.70. The molecule has 1 aliphatic heterocycles. The van der Waals surface area contributed by atoms with E-state index < -0.39 is 0 Å². The first-order valence-electron chi connectivity index (χ1n) is 8.25. The summed E-state index contributed by atoms with van der Waals surface area (Å²) in [6.07, 6.45) is 0.844. The Hall–Kier alpha value is -2.49. The molecule has 3 rings (SSSR count). The van der Waals surface area contributed by atoms with Crippen molar-refractivity contribution < 1.29 is 14.3 Å². The van der Waals surface area contributed by atoms with Gasteiger partial charge in [-0.3, -0.25) is 4.79 Å². The normalized spacial score (nSPS) is 14.0. The molecule has 0 unspecified atom stereocenters. The van der Waals surface area contributed by atoms with Crippen molar-refractivity contribution in [3.8, 4) is 11.5 Å². The Balaban J connectivity index is 1.74. The molecule has 126 valence electrons. The Morgan fingerprint density at radius 2 is 1.62 bits per heavy atom. The van der Waals surface area contributed by atoms with Gasteiger partial charge in [-0.05, 0) is 41.3 Å². The lowest BCUT2D eigenvalue weighted by Gasteiger charge is -2.19. The highest BCUT2D eigenvalue weighted by molar-refractivity contribution is 6.04. The van der Waals surface area contributed by atoms with Crippen LogP contribution in [0.15, 0.2) is 42.5 Å². The Morgan fingerprint density at radius 1 is 0.958 bits per heavy atom. The van der Waals surface area contributed by atoms with Gasteiger partial charge in [0, 0.05) is 17.7 Å². The number of hydrogen-bond acceptors (Lipinski definition) is 3. The first-order chi connectivity index (χ1) is 11.4. The Labute approximate surface area is 142 Å². The Bertz CT molecular complexity index is 730. The molecule has 0 saturated carbocycles. The molecule has 0 spiro atoms. The van der Waals surface area contributed by atoms with E-state index in [4.69, 9.17) is 9.47 Å². The van der Waals surface area contributed by atoms with Crippen LogP contribution >= 0.6 is 0 Å². The molecular formula is C20H23NO3. The lowest BCUT2D eigenvalue weighted by Crippen LogP contribution is -2.13. The Morgan fingerprint density at radius 3 is 2.29 bits per heavy atom. The summed E-state index contributed by atoms with van der Waals surface area (Å²) in [6.45, 7) is 7.74. The summed E-state index contributed by atoms with van der Waals surface area (Å²) in [5.74, 6) is 1.16. The molecule has 2 aromatic carbocycles. The van der Waals surface area contributed by atoms with E-state index in [0.29, 0.717) is 30.3 Å². The van der Waals surface area contributed by atoms with E-state index in [1.807, 2.05) is 24.3 Å².